The molecule has 3 heterocycles. The van der Waals surface area contributed by atoms with Crippen molar-refractivity contribution in [2.24, 2.45) is 0 Å². The van der Waals surface area contributed by atoms with Gasteiger partial charge < -0.3 is 44.3 Å². The van der Waals surface area contributed by atoms with Crippen LogP contribution >= 0.6 is 7.60 Å². The third-order valence-electron chi connectivity index (χ3n) is 6.28. The predicted octanol–water partition coefficient (Wildman–Crippen LogP) is 0.756. The van der Waals surface area contributed by atoms with Crippen molar-refractivity contribution in [2.45, 2.75) is 75.5 Å². The third-order valence-corrected chi connectivity index (χ3v) is 7.33. The molecule has 2 fully saturated rings. The monoisotopic (exact) mass is 531 g/mol. The molecule has 0 bridgehead atoms. The van der Waals surface area contributed by atoms with Gasteiger partial charge in [-0.2, -0.15) is 15.1 Å². The Balaban J connectivity index is 1.57. The van der Waals surface area contributed by atoms with E-state index >= 15 is 0 Å². The van der Waals surface area contributed by atoms with Gasteiger partial charge in [0.05, 0.1) is 31.4 Å². The molecule has 0 amide bonds. The fourth-order valence-electron chi connectivity index (χ4n) is 4.38. The van der Waals surface area contributed by atoms with Crippen LogP contribution in [0.25, 0.3) is 11.0 Å². The molecule has 1 saturated carbocycles. The van der Waals surface area contributed by atoms with Crippen LogP contribution in [0.1, 0.15) is 45.3 Å². The highest BCUT2D eigenvalue weighted by Gasteiger charge is 2.46. The predicted molar refractivity (Wildman–Crippen MR) is 127 cm³/mol. The number of rotatable bonds is 12. The van der Waals surface area contributed by atoms with Crippen molar-refractivity contribution in [1.82, 2.24) is 19.7 Å². The maximum absolute atomic E-state index is 11.6. The van der Waals surface area contributed by atoms with Crippen LogP contribution in [0.4, 0.5) is 5.82 Å². The summed E-state index contributed by atoms with van der Waals surface area (Å²) in [5.41, 5.74) is 0.349. The van der Waals surface area contributed by atoms with Gasteiger partial charge in [-0.05, 0) is 19.3 Å². The number of fused-ring (bicyclic) bond motifs is 1. The number of aromatic nitrogens is 4. The Bertz CT molecular complexity index is 1060. The molecule has 2 aromatic rings. The van der Waals surface area contributed by atoms with Gasteiger partial charge in [-0.25, -0.2) is 4.68 Å². The van der Waals surface area contributed by atoms with Gasteiger partial charge in [0, 0.05) is 13.2 Å². The number of nitrogens with zero attached hydrogens (tertiary/aromatic N) is 4. The molecule has 14 nitrogen and oxygen atoms in total. The van der Waals surface area contributed by atoms with E-state index in [1.165, 1.54) is 11.8 Å². The van der Waals surface area contributed by atoms with Gasteiger partial charge in [0.15, 0.2) is 17.7 Å². The minimum atomic E-state index is -4.62. The van der Waals surface area contributed by atoms with Crippen molar-refractivity contribution < 1.29 is 43.5 Å². The Morgan fingerprint density at radius 2 is 2.00 bits per heavy atom. The summed E-state index contributed by atoms with van der Waals surface area (Å²) in [6.07, 6.45) is 1.65. The lowest BCUT2D eigenvalue weighted by Gasteiger charge is -2.21. The molecule has 1 saturated heterocycles. The van der Waals surface area contributed by atoms with Crippen molar-refractivity contribution in [2.75, 3.05) is 32.2 Å². The van der Waals surface area contributed by atoms with E-state index in [1.54, 1.807) is 6.20 Å². The lowest BCUT2D eigenvalue weighted by Crippen LogP contribution is -2.35. The van der Waals surface area contributed by atoms with Crippen molar-refractivity contribution in [3.63, 3.8) is 0 Å². The van der Waals surface area contributed by atoms with Crippen LogP contribution in [0.2, 0.25) is 0 Å². The number of ether oxygens (including phenoxy) is 4. The number of nitrogens with one attached hydrogen (secondary N) is 1. The van der Waals surface area contributed by atoms with Crippen LogP contribution in [0, 0.1) is 0 Å². The van der Waals surface area contributed by atoms with Crippen LogP contribution in [-0.4, -0.2) is 96.9 Å². The summed E-state index contributed by atoms with van der Waals surface area (Å²) in [4.78, 5) is 27.9. The molecule has 5 atom stereocenters. The number of anilines is 1. The summed E-state index contributed by atoms with van der Waals surface area (Å²) in [6.45, 7) is 1.65. The topological polar surface area (TPSA) is 191 Å². The second-order valence-corrected chi connectivity index (χ2v) is 10.8. The molecular formula is C21H34N5O9P. The van der Waals surface area contributed by atoms with Gasteiger partial charge in [-0.3, -0.25) is 4.57 Å². The summed E-state index contributed by atoms with van der Waals surface area (Å²) in [6, 6.07) is 0.430. The average molecular weight is 532 g/mol. The summed E-state index contributed by atoms with van der Waals surface area (Å²) >= 11 is 0. The van der Waals surface area contributed by atoms with Gasteiger partial charge >= 0.3 is 13.6 Å². The summed E-state index contributed by atoms with van der Waals surface area (Å²) in [7, 11) is -3.33. The maximum Gasteiger partial charge on any atom is 0.356 e. The molecule has 1 aliphatic heterocycles. The molecule has 2 aliphatic rings. The first-order chi connectivity index (χ1) is 17.2. The zero-order valence-corrected chi connectivity index (χ0v) is 21.2. The second-order valence-electron chi connectivity index (χ2n) is 9.03. The van der Waals surface area contributed by atoms with E-state index in [1.807, 2.05) is 6.92 Å². The van der Waals surface area contributed by atoms with Crippen LogP contribution in [0.15, 0.2) is 6.20 Å². The van der Waals surface area contributed by atoms with Crippen molar-refractivity contribution in [1.29, 1.82) is 0 Å². The summed E-state index contributed by atoms with van der Waals surface area (Å²) in [5.74, 6) is -0.962. The molecule has 202 valence electrons. The minimum absolute atomic E-state index is 0.156. The molecule has 4 rings (SSSR count). The van der Waals surface area contributed by atoms with Gasteiger partial charge in [0.25, 0.3) is 0 Å². The van der Waals surface area contributed by atoms with E-state index < -0.39 is 38.0 Å². The van der Waals surface area contributed by atoms with E-state index in [9.17, 15) is 24.6 Å². The van der Waals surface area contributed by atoms with Gasteiger partial charge in [-0.15, -0.1) is 0 Å². The maximum atomic E-state index is 11.6. The Hall–Kier alpha value is -1.90. The Morgan fingerprint density at radius 1 is 1.25 bits per heavy atom. The lowest BCUT2D eigenvalue weighted by molar-refractivity contribution is -0.0826. The van der Waals surface area contributed by atoms with Crippen LogP contribution in [0.5, 0.6) is 6.01 Å². The van der Waals surface area contributed by atoms with Crippen LogP contribution in [0.3, 0.4) is 0 Å². The Labute approximate surface area is 208 Å². The van der Waals surface area contributed by atoms with E-state index in [0.29, 0.717) is 23.5 Å². The first-order valence-corrected chi connectivity index (χ1v) is 13.7. The zero-order chi connectivity index (χ0) is 25.9. The molecule has 1 unspecified atom stereocenters. The second kappa shape index (κ2) is 11.7. The van der Waals surface area contributed by atoms with Crippen LogP contribution in [-0.2, 0) is 18.8 Å². The number of hydrogen-bond donors (Lipinski definition) is 5. The molecule has 0 aromatic carbocycles. The lowest BCUT2D eigenvalue weighted by atomic mass is 10.1. The first-order valence-electron chi connectivity index (χ1n) is 12.0. The highest BCUT2D eigenvalue weighted by atomic mass is 31.2. The largest absolute Gasteiger partial charge is 0.463 e. The van der Waals surface area contributed by atoms with Gasteiger partial charge in [-0.1, -0.05) is 19.8 Å². The van der Waals surface area contributed by atoms with Crippen molar-refractivity contribution in [3.05, 3.63) is 6.20 Å². The molecule has 5 N–H and O–H groups in total. The molecular weight excluding hydrogens is 497 g/mol. The quantitative estimate of drug-likeness (QED) is 0.241. The third kappa shape index (κ3) is 5.97. The van der Waals surface area contributed by atoms with E-state index in [2.05, 4.69) is 20.4 Å². The fourth-order valence-corrected chi connectivity index (χ4v) is 5.01. The summed E-state index contributed by atoms with van der Waals surface area (Å²) < 4.78 is 34.6. The highest BCUT2D eigenvalue weighted by molar-refractivity contribution is 7.52. The van der Waals surface area contributed by atoms with Crippen LogP contribution < -0.4 is 10.1 Å². The molecule has 0 radical (unpaired) electrons. The smallest absolute Gasteiger partial charge is 0.356 e. The fraction of sp³-hybridized carbons (Fsp3) is 0.762. The SMILES string of the molecule is CCCOc1nc(NC2CCCC2)c2cnn([C@@H]3O[C@H](COC(COC)P(=O)(O)O)[C@@H](O)[C@H]3O)c2n1. The zero-order valence-electron chi connectivity index (χ0n) is 20.3. The number of aliphatic hydroxyl groups is 2. The standard InChI is InChI=1S/C21H34N5O9P/c1-3-8-33-21-24-18(23-12-6-4-5-7-12)13-9-22-26(19(13)25-21)20-17(28)16(27)14(35-20)10-34-15(11-32-2)36(29,30)31/h9,12,14-17,20,27-28H,3-8,10-11H2,1-2H3,(H,23,24,25)(H2,29,30,31)/t14-,15?,16-,17-,20-/m1/s1. The molecule has 0 spiro atoms. The number of hydrogen-bond acceptors (Lipinski definition) is 11. The van der Waals surface area contributed by atoms with E-state index in [4.69, 9.17) is 18.9 Å². The van der Waals surface area contributed by atoms with Crippen molar-refractivity contribution >= 4 is 24.4 Å². The Kier molecular flexibility index (Phi) is 8.79. The number of methoxy groups -OCH3 is 1. The molecule has 15 heteroatoms. The normalized spacial score (nSPS) is 26.1. The molecule has 36 heavy (non-hydrogen) atoms. The highest BCUT2D eigenvalue weighted by Crippen LogP contribution is 2.42. The van der Waals surface area contributed by atoms with E-state index in [0.717, 1.165) is 32.1 Å². The molecule has 1 aliphatic carbocycles. The average Bonchev–Trinajstić information content (AvgIpc) is 3.56. The minimum Gasteiger partial charge on any atom is -0.463 e. The summed E-state index contributed by atoms with van der Waals surface area (Å²) in [5, 5.41) is 29.7. The number of aliphatic hydroxyl groups excluding tert-OH is 2. The van der Waals surface area contributed by atoms with Crippen molar-refractivity contribution in [3.8, 4) is 6.01 Å². The molecule has 2 aromatic heterocycles. The first kappa shape index (κ1) is 27.1. The van der Waals surface area contributed by atoms with Gasteiger partial charge in [0.2, 0.25) is 0 Å². The van der Waals surface area contributed by atoms with E-state index in [-0.39, 0.29) is 25.3 Å². The Morgan fingerprint density at radius 3 is 2.67 bits per heavy atom. The van der Waals surface area contributed by atoms with Gasteiger partial charge in [0.1, 0.15) is 24.1 Å².